The van der Waals surface area contributed by atoms with Gasteiger partial charge in [-0.1, -0.05) is 45.3 Å². The number of aliphatic hydroxyl groups excluding tert-OH is 1. The lowest BCUT2D eigenvalue weighted by molar-refractivity contribution is -0.157. The summed E-state index contributed by atoms with van der Waals surface area (Å²) in [4.78, 5) is 0. The van der Waals surface area contributed by atoms with Crippen LogP contribution in [0.25, 0.3) is 0 Å². The quantitative estimate of drug-likeness (QED) is 0.491. The minimum Gasteiger partial charge on any atom is -0.393 e. The van der Waals surface area contributed by atoms with E-state index in [9.17, 15) is 5.11 Å². The van der Waals surface area contributed by atoms with Crippen molar-refractivity contribution in [3.8, 4) is 0 Å². The topological polar surface area (TPSA) is 20.2 Å². The van der Waals surface area contributed by atoms with Gasteiger partial charge in [-0.25, -0.2) is 0 Å². The molecule has 0 bridgehead atoms. The van der Waals surface area contributed by atoms with E-state index in [1.807, 2.05) is 5.57 Å². The molecule has 5 rings (SSSR count). The molecule has 0 amide bonds. The van der Waals surface area contributed by atoms with E-state index in [-0.39, 0.29) is 6.10 Å². The van der Waals surface area contributed by atoms with Gasteiger partial charge in [-0.3, -0.25) is 0 Å². The summed E-state index contributed by atoms with van der Waals surface area (Å²) < 4.78 is 0. The smallest absolute Gasteiger partial charge is 0.0543 e. The summed E-state index contributed by atoms with van der Waals surface area (Å²) in [6.45, 7) is 7.98. The second-order valence-electron chi connectivity index (χ2n) is 11.6. The molecule has 0 heterocycles. The van der Waals surface area contributed by atoms with Crippen LogP contribution in [-0.4, -0.2) is 11.2 Å². The predicted octanol–water partition coefficient (Wildman–Crippen LogP) is 6.51. The van der Waals surface area contributed by atoms with Gasteiger partial charge in [0.25, 0.3) is 0 Å². The Hall–Kier alpha value is -0.300. The van der Waals surface area contributed by atoms with Gasteiger partial charge in [0.05, 0.1) is 6.10 Å². The zero-order valence-electron chi connectivity index (χ0n) is 17.4. The van der Waals surface area contributed by atoms with E-state index in [0.717, 1.165) is 36.5 Å². The van der Waals surface area contributed by atoms with E-state index in [0.29, 0.717) is 16.2 Å². The fourth-order valence-corrected chi connectivity index (χ4v) is 9.10. The number of hydrogen-bond donors (Lipinski definition) is 1. The molecule has 1 nitrogen and oxygen atoms in total. The van der Waals surface area contributed by atoms with Gasteiger partial charge in [0.1, 0.15) is 0 Å². The Bertz CT molecular complexity index is 607. The van der Waals surface area contributed by atoms with Crippen LogP contribution in [0.4, 0.5) is 0 Å². The van der Waals surface area contributed by atoms with Gasteiger partial charge in [-0.15, -0.1) is 0 Å². The zero-order valence-corrected chi connectivity index (χ0v) is 17.4. The van der Waals surface area contributed by atoms with E-state index in [4.69, 9.17) is 0 Å². The first-order valence-electron chi connectivity index (χ1n) is 11.8. The normalized spacial score (nSPS) is 56.5. The molecule has 5 aliphatic carbocycles. The molecule has 1 N–H and O–H groups in total. The predicted molar refractivity (Wildman–Crippen MR) is 108 cm³/mol. The maximum Gasteiger partial charge on any atom is 0.0543 e. The molecule has 0 aromatic heterocycles. The summed E-state index contributed by atoms with van der Waals surface area (Å²) in [6.07, 6.45) is 19.0. The zero-order chi connectivity index (χ0) is 18.2. The van der Waals surface area contributed by atoms with Crippen molar-refractivity contribution in [2.75, 3.05) is 0 Å². The monoisotopic (exact) mass is 356 g/mol. The highest BCUT2D eigenvalue weighted by atomic mass is 16.3. The van der Waals surface area contributed by atoms with Crippen LogP contribution in [-0.2, 0) is 0 Å². The van der Waals surface area contributed by atoms with Crippen LogP contribution in [0.5, 0.6) is 0 Å². The van der Waals surface area contributed by atoms with Crippen LogP contribution < -0.4 is 0 Å². The Balaban J connectivity index is 1.54. The van der Waals surface area contributed by atoms with Gasteiger partial charge < -0.3 is 5.11 Å². The second-order valence-corrected chi connectivity index (χ2v) is 11.6. The third-order valence-corrected chi connectivity index (χ3v) is 10.9. The molecule has 4 saturated carbocycles. The summed E-state index contributed by atoms with van der Waals surface area (Å²) in [5.41, 5.74) is 3.29. The molecular formula is C25H40O. The lowest BCUT2D eigenvalue weighted by Crippen LogP contribution is -2.60. The first kappa shape index (κ1) is 17.8. The van der Waals surface area contributed by atoms with Gasteiger partial charge in [-0.2, -0.15) is 0 Å². The number of hydrogen-bond acceptors (Lipinski definition) is 1. The fraction of sp³-hybridized carbons (Fsp3) is 0.920. The van der Waals surface area contributed by atoms with Crippen LogP contribution in [0.15, 0.2) is 11.6 Å². The molecule has 0 aromatic rings. The van der Waals surface area contributed by atoms with Gasteiger partial charge in [0.2, 0.25) is 0 Å². The molecule has 1 heteroatoms. The van der Waals surface area contributed by atoms with Crippen LogP contribution >= 0.6 is 0 Å². The minimum absolute atomic E-state index is 0.0274. The summed E-state index contributed by atoms with van der Waals surface area (Å²) in [5, 5.41) is 10.3. The number of fused-ring (bicyclic) bond motifs is 7. The van der Waals surface area contributed by atoms with Crippen molar-refractivity contribution in [1.82, 2.24) is 0 Å². The van der Waals surface area contributed by atoms with Crippen molar-refractivity contribution in [3.63, 3.8) is 0 Å². The number of aliphatic hydroxyl groups is 1. The van der Waals surface area contributed by atoms with Crippen molar-refractivity contribution in [3.05, 3.63) is 11.6 Å². The van der Waals surface area contributed by atoms with Gasteiger partial charge in [0, 0.05) is 0 Å². The Morgan fingerprint density at radius 2 is 1.73 bits per heavy atom. The third kappa shape index (κ3) is 2.19. The van der Waals surface area contributed by atoms with E-state index in [1.165, 1.54) is 64.2 Å². The average molecular weight is 357 g/mol. The molecule has 0 aromatic carbocycles. The van der Waals surface area contributed by atoms with Gasteiger partial charge in [0.15, 0.2) is 0 Å². The summed E-state index contributed by atoms with van der Waals surface area (Å²) in [6, 6.07) is 0. The van der Waals surface area contributed by atoms with Crippen LogP contribution in [0.2, 0.25) is 0 Å². The maximum absolute atomic E-state index is 10.3. The van der Waals surface area contributed by atoms with E-state index in [1.54, 1.807) is 0 Å². The molecular weight excluding hydrogens is 316 g/mol. The summed E-state index contributed by atoms with van der Waals surface area (Å²) in [5.74, 6) is 3.50. The van der Waals surface area contributed by atoms with Crippen LogP contribution in [0.3, 0.4) is 0 Å². The SMILES string of the molecule is CC12CCC(O)CC1CCC1(C)C2CC=C2C3CCCCC3CCC21C. The maximum atomic E-state index is 10.3. The fourth-order valence-electron chi connectivity index (χ4n) is 9.10. The highest BCUT2D eigenvalue weighted by Gasteiger charge is 2.64. The third-order valence-electron chi connectivity index (χ3n) is 10.9. The highest BCUT2D eigenvalue weighted by molar-refractivity contribution is 5.31. The lowest BCUT2D eigenvalue weighted by atomic mass is 9.36. The summed E-state index contributed by atoms with van der Waals surface area (Å²) >= 11 is 0. The van der Waals surface area contributed by atoms with Gasteiger partial charge >= 0.3 is 0 Å². The van der Waals surface area contributed by atoms with Crippen molar-refractivity contribution >= 4 is 0 Å². The van der Waals surface area contributed by atoms with Crippen molar-refractivity contribution in [1.29, 1.82) is 0 Å². The molecule has 0 radical (unpaired) electrons. The first-order chi connectivity index (χ1) is 12.4. The Labute approximate surface area is 161 Å². The van der Waals surface area contributed by atoms with Crippen LogP contribution in [0.1, 0.15) is 97.8 Å². The standard InChI is InChI=1S/C25H40O/c1-23-13-12-19(26)16-18(23)11-15-25(3)22(23)9-8-21-20-7-5-4-6-17(20)10-14-24(21,25)2/h8,17-20,22,26H,4-7,9-16H2,1-3H3. The summed E-state index contributed by atoms with van der Waals surface area (Å²) in [7, 11) is 0. The number of allylic oxidation sites excluding steroid dienone is 2. The van der Waals surface area contributed by atoms with Crippen molar-refractivity contribution in [2.45, 2.75) is 104 Å². The largest absolute Gasteiger partial charge is 0.393 e. The molecule has 4 fully saturated rings. The molecule has 8 unspecified atom stereocenters. The first-order valence-corrected chi connectivity index (χ1v) is 11.8. The second kappa shape index (κ2) is 5.85. The molecule has 8 atom stereocenters. The Kier molecular flexibility index (Phi) is 4.00. The van der Waals surface area contributed by atoms with E-state index < -0.39 is 0 Å². The average Bonchev–Trinajstić information content (AvgIpc) is 2.63. The molecule has 0 aliphatic heterocycles. The molecule has 5 aliphatic rings. The molecule has 146 valence electrons. The minimum atomic E-state index is -0.0274. The Morgan fingerprint density at radius 1 is 0.923 bits per heavy atom. The molecule has 0 saturated heterocycles. The van der Waals surface area contributed by atoms with Gasteiger partial charge in [-0.05, 0) is 104 Å². The van der Waals surface area contributed by atoms with E-state index in [2.05, 4.69) is 26.8 Å². The number of rotatable bonds is 0. The van der Waals surface area contributed by atoms with Crippen molar-refractivity contribution < 1.29 is 5.11 Å². The molecule has 26 heavy (non-hydrogen) atoms. The Morgan fingerprint density at radius 3 is 2.58 bits per heavy atom. The van der Waals surface area contributed by atoms with E-state index >= 15 is 0 Å². The lowest BCUT2D eigenvalue weighted by Gasteiger charge is -2.68. The highest BCUT2D eigenvalue weighted by Crippen LogP contribution is 2.72. The molecule has 0 spiro atoms. The van der Waals surface area contributed by atoms with Crippen molar-refractivity contribution in [2.24, 2.45) is 39.9 Å². The van der Waals surface area contributed by atoms with Crippen LogP contribution in [0, 0.1) is 39.9 Å².